The van der Waals surface area contributed by atoms with Gasteiger partial charge in [0.05, 0.1) is 22.4 Å². The molecule has 0 saturated heterocycles. The molecule has 24 heavy (non-hydrogen) atoms. The van der Waals surface area contributed by atoms with Crippen LogP contribution in [0.5, 0.6) is 0 Å². The number of nitrogens with zero attached hydrogens (tertiary/aromatic N) is 3. The third-order valence-corrected chi connectivity index (χ3v) is 4.92. The van der Waals surface area contributed by atoms with Crippen LogP contribution >= 0.6 is 22.9 Å². The Hall–Kier alpha value is -2.64. The molecule has 0 spiro atoms. The van der Waals surface area contributed by atoms with Crippen molar-refractivity contribution in [3.63, 3.8) is 0 Å². The van der Waals surface area contributed by atoms with Gasteiger partial charge in [0.25, 0.3) is 0 Å². The molecule has 6 nitrogen and oxygen atoms in total. The van der Waals surface area contributed by atoms with Gasteiger partial charge in [-0.2, -0.15) is 5.10 Å². The standard InChI is InChI=1S/C16H13ClN6S/c1-18-10-4-2-3-9(7-10)15-22-23-16(24-15)20-13-6-5-12-11(14(13)17)8-19-21-12/h2-8,18H,1H3,(H,19,21)(H,20,23). The van der Waals surface area contributed by atoms with Crippen molar-refractivity contribution in [2.45, 2.75) is 0 Å². The molecule has 0 unspecified atom stereocenters. The summed E-state index contributed by atoms with van der Waals surface area (Å²) in [4.78, 5) is 0. The van der Waals surface area contributed by atoms with Crippen molar-refractivity contribution in [1.29, 1.82) is 0 Å². The summed E-state index contributed by atoms with van der Waals surface area (Å²) >= 11 is 7.89. The maximum atomic E-state index is 6.42. The fourth-order valence-corrected chi connectivity index (χ4v) is 3.41. The molecule has 8 heteroatoms. The second-order valence-corrected chi connectivity index (χ2v) is 6.48. The lowest BCUT2D eigenvalue weighted by Crippen LogP contribution is -1.90. The number of fused-ring (bicyclic) bond motifs is 1. The van der Waals surface area contributed by atoms with Gasteiger partial charge in [-0.1, -0.05) is 35.1 Å². The van der Waals surface area contributed by atoms with Crippen molar-refractivity contribution in [3.05, 3.63) is 47.6 Å². The van der Waals surface area contributed by atoms with E-state index in [0.717, 1.165) is 32.8 Å². The van der Waals surface area contributed by atoms with Gasteiger partial charge in [0.1, 0.15) is 5.01 Å². The van der Waals surface area contributed by atoms with Gasteiger partial charge in [0, 0.05) is 23.7 Å². The van der Waals surface area contributed by atoms with E-state index in [2.05, 4.69) is 31.0 Å². The third-order valence-electron chi connectivity index (χ3n) is 3.62. The normalized spacial score (nSPS) is 10.9. The van der Waals surface area contributed by atoms with E-state index < -0.39 is 0 Å². The van der Waals surface area contributed by atoms with Crippen LogP contribution in [0.3, 0.4) is 0 Å². The Morgan fingerprint density at radius 3 is 2.96 bits per heavy atom. The van der Waals surface area contributed by atoms with Crippen LogP contribution in [0.25, 0.3) is 21.5 Å². The smallest absolute Gasteiger partial charge is 0.210 e. The van der Waals surface area contributed by atoms with Crippen LogP contribution in [0.15, 0.2) is 42.6 Å². The minimum Gasteiger partial charge on any atom is -0.388 e. The van der Waals surface area contributed by atoms with Gasteiger partial charge in [-0.05, 0) is 24.3 Å². The maximum Gasteiger partial charge on any atom is 0.210 e. The molecule has 0 bridgehead atoms. The lowest BCUT2D eigenvalue weighted by Gasteiger charge is -2.05. The number of rotatable bonds is 4. The molecule has 2 aromatic carbocycles. The first kappa shape index (κ1) is 14.9. The van der Waals surface area contributed by atoms with Crippen LogP contribution in [-0.4, -0.2) is 27.4 Å². The van der Waals surface area contributed by atoms with Gasteiger partial charge in [-0.25, -0.2) is 0 Å². The quantitative estimate of drug-likeness (QED) is 0.501. The van der Waals surface area contributed by atoms with Crippen molar-refractivity contribution in [2.75, 3.05) is 17.7 Å². The number of benzene rings is 2. The summed E-state index contributed by atoms with van der Waals surface area (Å²) in [6, 6.07) is 11.9. The number of aromatic nitrogens is 4. The van der Waals surface area contributed by atoms with Crippen LogP contribution in [0, 0.1) is 0 Å². The second-order valence-electron chi connectivity index (χ2n) is 5.13. The van der Waals surface area contributed by atoms with E-state index in [4.69, 9.17) is 11.6 Å². The zero-order valence-electron chi connectivity index (χ0n) is 12.7. The number of hydrogen-bond acceptors (Lipinski definition) is 6. The summed E-state index contributed by atoms with van der Waals surface area (Å²) < 4.78 is 0. The highest BCUT2D eigenvalue weighted by molar-refractivity contribution is 7.18. The second kappa shape index (κ2) is 6.10. The zero-order chi connectivity index (χ0) is 16.5. The Labute approximate surface area is 146 Å². The Morgan fingerprint density at radius 1 is 1.17 bits per heavy atom. The van der Waals surface area contributed by atoms with Crippen LogP contribution in [0.2, 0.25) is 5.02 Å². The molecule has 0 fully saturated rings. The zero-order valence-corrected chi connectivity index (χ0v) is 14.2. The summed E-state index contributed by atoms with van der Waals surface area (Å²) in [7, 11) is 1.89. The van der Waals surface area contributed by atoms with Crippen molar-refractivity contribution < 1.29 is 0 Å². The molecule has 0 aliphatic rings. The van der Waals surface area contributed by atoms with Gasteiger partial charge < -0.3 is 10.6 Å². The number of anilines is 3. The average molecular weight is 357 g/mol. The molecule has 0 radical (unpaired) electrons. The third kappa shape index (κ3) is 2.68. The van der Waals surface area contributed by atoms with Crippen molar-refractivity contribution in [1.82, 2.24) is 20.4 Å². The van der Waals surface area contributed by atoms with Gasteiger partial charge in [0.2, 0.25) is 5.13 Å². The number of hydrogen-bond donors (Lipinski definition) is 3. The molecular formula is C16H13ClN6S. The fraction of sp³-hybridized carbons (Fsp3) is 0.0625. The van der Waals surface area contributed by atoms with Crippen molar-refractivity contribution in [2.24, 2.45) is 0 Å². The van der Waals surface area contributed by atoms with Crippen LogP contribution in [-0.2, 0) is 0 Å². The highest BCUT2D eigenvalue weighted by atomic mass is 35.5. The SMILES string of the molecule is CNc1cccc(-c2nnc(Nc3ccc4[nH]ncc4c3Cl)s2)c1. The van der Waals surface area contributed by atoms with E-state index in [0.29, 0.717) is 10.2 Å². The maximum absolute atomic E-state index is 6.42. The van der Waals surface area contributed by atoms with E-state index in [1.54, 1.807) is 6.20 Å². The summed E-state index contributed by atoms with van der Waals surface area (Å²) in [5.41, 5.74) is 3.72. The highest BCUT2D eigenvalue weighted by Crippen LogP contribution is 2.34. The molecule has 2 aromatic heterocycles. The lowest BCUT2D eigenvalue weighted by molar-refractivity contribution is 1.10. The summed E-state index contributed by atoms with van der Waals surface area (Å²) in [6.07, 6.45) is 1.71. The molecule has 4 rings (SSSR count). The van der Waals surface area contributed by atoms with Gasteiger partial charge in [-0.15, -0.1) is 10.2 Å². The topological polar surface area (TPSA) is 78.5 Å². The van der Waals surface area contributed by atoms with Crippen LogP contribution in [0.1, 0.15) is 0 Å². The molecule has 0 amide bonds. The lowest BCUT2D eigenvalue weighted by atomic mass is 10.2. The predicted octanol–water partition coefficient (Wildman–Crippen LogP) is 4.52. The Morgan fingerprint density at radius 2 is 2.08 bits per heavy atom. The first-order valence-electron chi connectivity index (χ1n) is 7.25. The molecule has 120 valence electrons. The van der Waals surface area contributed by atoms with Crippen molar-refractivity contribution in [3.8, 4) is 10.6 Å². The van der Waals surface area contributed by atoms with E-state index in [1.165, 1.54) is 11.3 Å². The number of nitrogens with one attached hydrogen (secondary N) is 3. The number of aromatic amines is 1. The van der Waals surface area contributed by atoms with E-state index in [1.807, 2.05) is 43.4 Å². The molecule has 4 aromatic rings. The molecule has 0 aliphatic heterocycles. The van der Waals surface area contributed by atoms with E-state index in [9.17, 15) is 0 Å². The monoisotopic (exact) mass is 356 g/mol. The van der Waals surface area contributed by atoms with Gasteiger partial charge in [-0.3, -0.25) is 5.10 Å². The van der Waals surface area contributed by atoms with Crippen LogP contribution in [0.4, 0.5) is 16.5 Å². The Balaban J connectivity index is 1.63. The average Bonchev–Trinajstić information content (AvgIpc) is 3.27. The van der Waals surface area contributed by atoms with E-state index >= 15 is 0 Å². The highest BCUT2D eigenvalue weighted by Gasteiger charge is 2.11. The molecule has 0 atom stereocenters. The predicted molar refractivity (Wildman–Crippen MR) is 99.3 cm³/mol. The first-order chi connectivity index (χ1) is 11.7. The summed E-state index contributed by atoms with van der Waals surface area (Å²) in [5.74, 6) is 0. The minimum absolute atomic E-state index is 0.607. The summed E-state index contributed by atoms with van der Waals surface area (Å²) in [5, 5.41) is 24.7. The number of H-pyrrole nitrogens is 1. The molecule has 3 N–H and O–H groups in total. The minimum atomic E-state index is 0.607. The van der Waals surface area contributed by atoms with E-state index in [-0.39, 0.29) is 0 Å². The van der Waals surface area contributed by atoms with Crippen LogP contribution < -0.4 is 10.6 Å². The van der Waals surface area contributed by atoms with Crippen molar-refractivity contribution >= 4 is 50.3 Å². The Bertz CT molecular complexity index is 1010. The largest absolute Gasteiger partial charge is 0.388 e. The molecule has 0 aliphatic carbocycles. The molecular weight excluding hydrogens is 344 g/mol. The fourth-order valence-electron chi connectivity index (χ4n) is 2.39. The first-order valence-corrected chi connectivity index (χ1v) is 8.44. The Kier molecular flexibility index (Phi) is 3.79. The van der Waals surface area contributed by atoms with Gasteiger partial charge >= 0.3 is 0 Å². The molecule has 2 heterocycles. The molecule has 0 saturated carbocycles. The summed E-state index contributed by atoms with van der Waals surface area (Å²) in [6.45, 7) is 0. The number of halogens is 1. The van der Waals surface area contributed by atoms with Gasteiger partial charge in [0.15, 0.2) is 0 Å².